The van der Waals surface area contributed by atoms with Crippen molar-refractivity contribution >= 4 is 5.91 Å². The Morgan fingerprint density at radius 2 is 2.20 bits per heavy atom. The SMILES string of the molecule is CC(C)Cc1noc(C2CCCN(C(=O)c3cc(C4CC4)[nH]n3)C2)n1. The van der Waals surface area contributed by atoms with E-state index >= 15 is 0 Å². The summed E-state index contributed by atoms with van der Waals surface area (Å²) in [5.41, 5.74) is 1.61. The summed E-state index contributed by atoms with van der Waals surface area (Å²) < 4.78 is 5.46. The van der Waals surface area contributed by atoms with Gasteiger partial charge in [-0.2, -0.15) is 10.1 Å². The Hall–Kier alpha value is -2.18. The van der Waals surface area contributed by atoms with Gasteiger partial charge in [-0.1, -0.05) is 19.0 Å². The van der Waals surface area contributed by atoms with Crippen molar-refractivity contribution in [1.82, 2.24) is 25.2 Å². The zero-order valence-electron chi connectivity index (χ0n) is 14.9. The molecule has 25 heavy (non-hydrogen) atoms. The van der Waals surface area contributed by atoms with Gasteiger partial charge in [0.25, 0.3) is 5.91 Å². The van der Waals surface area contributed by atoms with Crippen LogP contribution in [0.4, 0.5) is 0 Å². The number of nitrogens with zero attached hydrogens (tertiary/aromatic N) is 4. The lowest BCUT2D eigenvalue weighted by Crippen LogP contribution is -2.39. The van der Waals surface area contributed by atoms with Gasteiger partial charge in [0.2, 0.25) is 5.89 Å². The fraction of sp³-hybridized carbons (Fsp3) is 0.667. The predicted molar refractivity (Wildman–Crippen MR) is 91.3 cm³/mol. The molecule has 1 N–H and O–H groups in total. The molecule has 134 valence electrons. The van der Waals surface area contributed by atoms with E-state index in [9.17, 15) is 4.79 Å². The van der Waals surface area contributed by atoms with Crippen LogP contribution in [0.15, 0.2) is 10.6 Å². The van der Waals surface area contributed by atoms with Crippen LogP contribution >= 0.6 is 0 Å². The van der Waals surface area contributed by atoms with Crippen LogP contribution in [0.1, 0.15) is 79.3 Å². The standard InChI is InChI=1S/C18H25N5O2/c1-11(2)8-16-19-17(25-22-16)13-4-3-7-23(10-13)18(24)15-9-14(20-21-15)12-5-6-12/h9,11-13H,3-8,10H2,1-2H3,(H,20,21). The van der Waals surface area contributed by atoms with E-state index in [1.165, 1.54) is 12.8 Å². The summed E-state index contributed by atoms with van der Waals surface area (Å²) in [5.74, 6) is 2.60. The molecule has 2 fully saturated rings. The zero-order valence-corrected chi connectivity index (χ0v) is 14.9. The molecular weight excluding hydrogens is 318 g/mol. The van der Waals surface area contributed by atoms with Gasteiger partial charge in [-0.3, -0.25) is 9.89 Å². The average Bonchev–Trinajstić information content (AvgIpc) is 3.15. The van der Waals surface area contributed by atoms with Crippen LogP contribution in [-0.4, -0.2) is 44.2 Å². The second-order valence-electron chi connectivity index (χ2n) is 7.72. The quantitative estimate of drug-likeness (QED) is 0.902. The van der Waals surface area contributed by atoms with Crippen molar-refractivity contribution in [2.24, 2.45) is 5.92 Å². The topological polar surface area (TPSA) is 87.9 Å². The Balaban J connectivity index is 1.42. The van der Waals surface area contributed by atoms with Gasteiger partial charge in [0, 0.05) is 31.1 Å². The summed E-state index contributed by atoms with van der Waals surface area (Å²) >= 11 is 0. The van der Waals surface area contributed by atoms with Crippen molar-refractivity contribution in [3.05, 3.63) is 29.2 Å². The number of rotatable bonds is 5. The molecule has 3 heterocycles. The molecule has 2 aromatic heterocycles. The molecule has 4 rings (SSSR count). The van der Waals surface area contributed by atoms with E-state index in [4.69, 9.17) is 4.52 Å². The van der Waals surface area contributed by atoms with E-state index in [1.807, 2.05) is 11.0 Å². The minimum Gasteiger partial charge on any atom is -0.339 e. The van der Waals surface area contributed by atoms with E-state index in [0.29, 0.717) is 30.0 Å². The smallest absolute Gasteiger partial charge is 0.274 e. The second kappa shape index (κ2) is 6.61. The van der Waals surface area contributed by atoms with Crippen LogP contribution in [0.2, 0.25) is 0 Å². The van der Waals surface area contributed by atoms with Crippen molar-refractivity contribution in [3.8, 4) is 0 Å². The highest BCUT2D eigenvalue weighted by Crippen LogP contribution is 2.39. The molecule has 1 saturated carbocycles. The first-order valence-electron chi connectivity index (χ1n) is 9.27. The van der Waals surface area contributed by atoms with Gasteiger partial charge in [0.1, 0.15) is 5.69 Å². The molecule has 7 heteroatoms. The number of hydrogen-bond acceptors (Lipinski definition) is 5. The maximum Gasteiger partial charge on any atom is 0.274 e. The number of likely N-dealkylation sites (tertiary alicyclic amines) is 1. The molecule has 0 bridgehead atoms. The monoisotopic (exact) mass is 343 g/mol. The Morgan fingerprint density at radius 3 is 2.96 bits per heavy atom. The number of amides is 1. The third-order valence-electron chi connectivity index (χ3n) is 4.97. The molecule has 1 atom stereocenters. The maximum atomic E-state index is 12.8. The van der Waals surface area contributed by atoms with Crippen molar-refractivity contribution < 1.29 is 9.32 Å². The number of nitrogens with one attached hydrogen (secondary N) is 1. The lowest BCUT2D eigenvalue weighted by Gasteiger charge is -2.30. The largest absolute Gasteiger partial charge is 0.339 e. The average molecular weight is 343 g/mol. The summed E-state index contributed by atoms with van der Waals surface area (Å²) in [6, 6.07) is 1.91. The molecule has 0 aromatic carbocycles. The number of carbonyl (C=O) groups is 1. The van der Waals surface area contributed by atoms with Gasteiger partial charge in [0.05, 0.1) is 5.92 Å². The molecule has 0 spiro atoms. The maximum absolute atomic E-state index is 12.8. The van der Waals surface area contributed by atoms with Crippen molar-refractivity contribution in [1.29, 1.82) is 0 Å². The fourth-order valence-electron chi connectivity index (χ4n) is 3.46. The van der Waals surface area contributed by atoms with E-state index in [0.717, 1.165) is 37.3 Å². The minimum absolute atomic E-state index is 0.00484. The first-order valence-corrected chi connectivity index (χ1v) is 9.27. The summed E-state index contributed by atoms with van der Waals surface area (Å²) in [7, 11) is 0. The Morgan fingerprint density at radius 1 is 1.36 bits per heavy atom. The van der Waals surface area contributed by atoms with Gasteiger partial charge >= 0.3 is 0 Å². The van der Waals surface area contributed by atoms with Crippen LogP contribution in [0.3, 0.4) is 0 Å². The van der Waals surface area contributed by atoms with E-state index in [1.54, 1.807) is 0 Å². The lowest BCUT2D eigenvalue weighted by molar-refractivity contribution is 0.0689. The molecule has 7 nitrogen and oxygen atoms in total. The molecule has 1 saturated heterocycles. The van der Waals surface area contributed by atoms with Gasteiger partial charge in [-0.05, 0) is 37.7 Å². The van der Waals surface area contributed by atoms with Crippen molar-refractivity contribution in [3.63, 3.8) is 0 Å². The molecule has 1 aliphatic carbocycles. The normalized spacial score (nSPS) is 21.1. The molecule has 0 radical (unpaired) electrons. The Bertz CT molecular complexity index is 746. The minimum atomic E-state index is -0.00484. The number of piperidine rings is 1. The molecule has 1 amide bonds. The van der Waals surface area contributed by atoms with Crippen LogP contribution in [0, 0.1) is 5.92 Å². The van der Waals surface area contributed by atoms with E-state index in [-0.39, 0.29) is 11.8 Å². The third-order valence-corrected chi connectivity index (χ3v) is 4.97. The molecule has 2 aromatic rings. The first kappa shape index (κ1) is 16.3. The first-order chi connectivity index (χ1) is 12.1. The van der Waals surface area contributed by atoms with Gasteiger partial charge in [-0.25, -0.2) is 0 Å². The highest BCUT2D eigenvalue weighted by molar-refractivity contribution is 5.92. The molecule has 1 aliphatic heterocycles. The van der Waals surface area contributed by atoms with Gasteiger partial charge in [0.15, 0.2) is 5.82 Å². The highest BCUT2D eigenvalue weighted by Gasteiger charge is 2.31. The highest BCUT2D eigenvalue weighted by atomic mass is 16.5. The Kier molecular flexibility index (Phi) is 4.31. The van der Waals surface area contributed by atoms with Crippen LogP contribution < -0.4 is 0 Å². The molecule has 2 aliphatic rings. The van der Waals surface area contributed by atoms with Crippen molar-refractivity contribution in [2.45, 2.75) is 57.8 Å². The van der Waals surface area contributed by atoms with Crippen LogP contribution in [0.5, 0.6) is 0 Å². The van der Waals surface area contributed by atoms with E-state index < -0.39 is 0 Å². The van der Waals surface area contributed by atoms with Crippen LogP contribution in [-0.2, 0) is 6.42 Å². The number of hydrogen-bond donors (Lipinski definition) is 1. The number of H-pyrrole nitrogens is 1. The predicted octanol–water partition coefficient (Wildman–Crippen LogP) is 2.89. The molecule has 1 unspecified atom stereocenters. The third kappa shape index (κ3) is 3.60. The second-order valence-corrected chi connectivity index (χ2v) is 7.72. The lowest BCUT2D eigenvalue weighted by atomic mass is 9.97. The summed E-state index contributed by atoms with van der Waals surface area (Å²) in [6.07, 6.45) is 5.12. The zero-order chi connectivity index (χ0) is 17.4. The van der Waals surface area contributed by atoms with Gasteiger partial charge < -0.3 is 9.42 Å². The van der Waals surface area contributed by atoms with Gasteiger partial charge in [-0.15, -0.1) is 0 Å². The number of aromatic nitrogens is 4. The summed E-state index contributed by atoms with van der Waals surface area (Å²) in [6.45, 7) is 5.65. The Labute approximate surface area is 147 Å². The fourth-order valence-corrected chi connectivity index (χ4v) is 3.46. The number of carbonyl (C=O) groups excluding carboxylic acids is 1. The molecular formula is C18H25N5O2. The number of aromatic amines is 1. The van der Waals surface area contributed by atoms with Crippen molar-refractivity contribution in [2.75, 3.05) is 13.1 Å². The van der Waals surface area contributed by atoms with E-state index in [2.05, 4.69) is 34.2 Å². The summed E-state index contributed by atoms with van der Waals surface area (Å²) in [4.78, 5) is 19.2. The van der Waals surface area contributed by atoms with Crippen LogP contribution in [0.25, 0.3) is 0 Å². The summed E-state index contributed by atoms with van der Waals surface area (Å²) in [5, 5.41) is 11.3.